The average molecular weight is 488 g/mol. The second kappa shape index (κ2) is 8.76. The van der Waals surface area contributed by atoms with E-state index < -0.39 is 11.6 Å². The molecule has 0 aliphatic carbocycles. The largest absolute Gasteiger partial charge is 0.339 e. The van der Waals surface area contributed by atoms with Gasteiger partial charge in [-0.3, -0.25) is 19.6 Å². The summed E-state index contributed by atoms with van der Waals surface area (Å²) in [4.78, 5) is 39.6. The van der Waals surface area contributed by atoms with Crippen LogP contribution in [0.4, 0.5) is 4.79 Å². The number of nitrogens with one attached hydrogen (secondary N) is 2. The Kier molecular flexibility index (Phi) is 5.85. The monoisotopic (exact) mass is 487 g/mol. The highest BCUT2D eigenvalue weighted by molar-refractivity contribution is 6.07. The molecule has 8 heteroatoms. The fraction of sp³-hybridized carbons (Fsp3) is 0.429. The minimum Gasteiger partial charge on any atom is -0.339 e. The lowest BCUT2D eigenvalue weighted by Crippen LogP contribution is -2.48. The number of likely N-dealkylation sites (tertiary alicyclic amines) is 1. The van der Waals surface area contributed by atoms with Crippen molar-refractivity contribution in [2.24, 2.45) is 13.0 Å². The van der Waals surface area contributed by atoms with E-state index in [2.05, 4.69) is 36.6 Å². The van der Waals surface area contributed by atoms with E-state index >= 15 is 0 Å². The van der Waals surface area contributed by atoms with E-state index in [4.69, 9.17) is 5.10 Å². The molecule has 3 aromatic rings. The molecule has 2 fully saturated rings. The maximum atomic E-state index is 13.3. The van der Waals surface area contributed by atoms with Crippen molar-refractivity contribution in [1.29, 1.82) is 0 Å². The number of aromatic nitrogens is 2. The molecule has 5 rings (SSSR count). The fourth-order valence-electron chi connectivity index (χ4n) is 5.91. The minimum absolute atomic E-state index is 0.0174. The standard InChI is InChI=1S/C28H33N5O3/c1-16(2)28(26(35)29-27(36)30-28)21-8-6-20(7-9-21)25(34)33-12-10-19(11-13-33)24-23-18(4)14-17(3)15-22(23)32(5)31-24/h6-9,14-16,19H,10-13H2,1-5H3,(H2,29,30,35,36)/t28-/m1/s1. The number of hydrogen-bond donors (Lipinski definition) is 2. The lowest BCUT2D eigenvalue weighted by Gasteiger charge is -2.32. The normalized spacial score (nSPS) is 20.8. The number of imide groups is 1. The first-order valence-electron chi connectivity index (χ1n) is 12.6. The van der Waals surface area contributed by atoms with Crippen molar-refractivity contribution in [3.63, 3.8) is 0 Å². The molecular formula is C28H33N5O3. The smallest absolute Gasteiger partial charge is 0.322 e. The van der Waals surface area contributed by atoms with Crippen molar-refractivity contribution >= 4 is 28.7 Å². The summed E-state index contributed by atoms with van der Waals surface area (Å²) in [7, 11) is 2.00. The summed E-state index contributed by atoms with van der Waals surface area (Å²) in [6.07, 6.45) is 1.73. The minimum atomic E-state index is -1.13. The van der Waals surface area contributed by atoms with E-state index in [0.717, 1.165) is 24.1 Å². The quantitative estimate of drug-likeness (QED) is 0.546. The Morgan fingerprint density at radius 2 is 1.75 bits per heavy atom. The van der Waals surface area contributed by atoms with Crippen molar-refractivity contribution < 1.29 is 14.4 Å². The SMILES string of the molecule is Cc1cc(C)c2c(C3CCN(C(=O)c4ccc([C@@]5(C(C)C)NC(=O)NC5=O)cc4)CC3)nn(C)c2c1. The Morgan fingerprint density at radius 3 is 2.33 bits per heavy atom. The number of aryl methyl sites for hydroxylation is 3. The van der Waals surface area contributed by atoms with Crippen LogP contribution < -0.4 is 10.6 Å². The number of benzene rings is 2. The van der Waals surface area contributed by atoms with Gasteiger partial charge in [0, 0.05) is 37.0 Å². The van der Waals surface area contributed by atoms with Gasteiger partial charge in [-0.2, -0.15) is 5.10 Å². The van der Waals surface area contributed by atoms with Gasteiger partial charge in [-0.05, 0) is 67.5 Å². The van der Waals surface area contributed by atoms with Gasteiger partial charge in [0.25, 0.3) is 11.8 Å². The van der Waals surface area contributed by atoms with Crippen LogP contribution in [0.15, 0.2) is 36.4 Å². The first kappa shape index (κ1) is 24.0. The van der Waals surface area contributed by atoms with Crippen LogP contribution in [0.3, 0.4) is 0 Å². The number of piperidine rings is 1. The zero-order valence-corrected chi connectivity index (χ0v) is 21.5. The second-order valence-corrected chi connectivity index (χ2v) is 10.5. The van der Waals surface area contributed by atoms with E-state index in [1.165, 1.54) is 16.5 Å². The van der Waals surface area contributed by atoms with Crippen LogP contribution in [0.1, 0.15) is 65.3 Å². The van der Waals surface area contributed by atoms with Crippen molar-refractivity contribution in [1.82, 2.24) is 25.3 Å². The molecule has 2 aliphatic heterocycles. The average Bonchev–Trinajstić information content (AvgIpc) is 3.35. The predicted octanol–water partition coefficient (Wildman–Crippen LogP) is 3.90. The number of urea groups is 1. The molecule has 2 aliphatic rings. The van der Waals surface area contributed by atoms with Crippen LogP contribution in [0.25, 0.3) is 10.9 Å². The molecule has 1 atom stereocenters. The number of amides is 4. The molecule has 0 spiro atoms. The van der Waals surface area contributed by atoms with Gasteiger partial charge in [-0.15, -0.1) is 0 Å². The third-order valence-corrected chi connectivity index (χ3v) is 7.84. The third-order valence-electron chi connectivity index (χ3n) is 7.84. The number of carbonyl (C=O) groups is 3. The number of nitrogens with zero attached hydrogens (tertiary/aromatic N) is 3. The first-order chi connectivity index (χ1) is 17.1. The maximum Gasteiger partial charge on any atom is 0.322 e. The summed E-state index contributed by atoms with van der Waals surface area (Å²) < 4.78 is 1.97. The van der Waals surface area contributed by atoms with Crippen LogP contribution in [0.5, 0.6) is 0 Å². The van der Waals surface area contributed by atoms with Crippen molar-refractivity contribution in [2.45, 2.75) is 52.0 Å². The molecule has 1 aromatic heterocycles. The zero-order chi connectivity index (χ0) is 25.8. The summed E-state index contributed by atoms with van der Waals surface area (Å²) in [6.45, 7) is 9.37. The van der Waals surface area contributed by atoms with Gasteiger partial charge in [0.15, 0.2) is 0 Å². The van der Waals surface area contributed by atoms with Crippen molar-refractivity contribution in [3.05, 3.63) is 64.3 Å². The van der Waals surface area contributed by atoms with Gasteiger partial charge < -0.3 is 10.2 Å². The van der Waals surface area contributed by atoms with Gasteiger partial charge in [-0.25, -0.2) is 4.79 Å². The second-order valence-electron chi connectivity index (χ2n) is 10.5. The van der Waals surface area contributed by atoms with Crippen LogP contribution in [0, 0.1) is 19.8 Å². The predicted molar refractivity (Wildman–Crippen MR) is 138 cm³/mol. The van der Waals surface area contributed by atoms with E-state index in [-0.39, 0.29) is 17.7 Å². The van der Waals surface area contributed by atoms with Crippen molar-refractivity contribution in [2.75, 3.05) is 13.1 Å². The highest BCUT2D eigenvalue weighted by Gasteiger charge is 2.50. The molecule has 3 heterocycles. The molecule has 8 nitrogen and oxygen atoms in total. The third kappa shape index (κ3) is 3.75. The van der Waals surface area contributed by atoms with Crippen LogP contribution in [0.2, 0.25) is 0 Å². The van der Waals surface area contributed by atoms with Gasteiger partial charge in [0.05, 0.1) is 11.2 Å². The fourth-order valence-corrected chi connectivity index (χ4v) is 5.91. The lowest BCUT2D eigenvalue weighted by atomic mass is 9.79. The van der Waals surface area contributed by atoms with E-state index in [0.29, 0.717) is 30.1 Å². The van der Waals surface area contributed by atoms with Crippen LogP contribution >= 0.6 is 0 Å². The molecule has 0 unspecified atom stereocenters. The van der Waals surface area contributed by atoms with Crippen LogP contribution in [-0.2, 0) is 17.4 Å². The molecule has 36 heavy (non-hydrogen) atoms. The van der Waals surface area contributed by atoms with E-state index in [1.54, 1.807) is 24.3 Å². The molecule has 0 radical (unpaired) electrons. The Hall–Kier alpha value is -3.68. The Labute approximate surface area is 211 Å². The van der Waals surface area contributed by atoms with Gasteiger partial charge in [0.2, 0.25) is 0 Å². The molecule has 2 N–H and O–H groups in total. The Bertz CT molecular complexity index is 1370. The first-order valence-corrected chi connectivity index (χ1v) is 12.6. The number of fused-ring (bicyclic) bond motifs is 1. The summed E-state index contributed by atoms with van der Waals surface area (Å²) in [5.74, 6) is -0.219. The lowest BCUT2D eigenvalue weighted by molar-refractivity contribution is -0.125. The molecule has 188 valence electrons. The molecule has 2 aromatic carbocycles. The molecule has 2 saturated heterocycles. The molecule has 0 saturated carbocycles. The Balaban J connectivity index is 1.31. The molecular weight excluding hydrogens is 454 g/mol. The number of carbonyl (C=O) groups excluding carboxylic acids is 3. The van der Waals surface area contributed by atoms with E-state index in [1.807, 2.05) is 30.5 Å². The van der Waals surface area contributed by atoms with Crippen LogP contribution in [-0.4, -0.2) is 45.6 Å². The zero-order valence-electron chi connectivity index (χ0n) is 21.5. The molecule has 0 bridgehead atoms. The Morgan fingerprint density at radius 1 is 1.08 bits per heavy atom. The summed E-state index contributed by atoms with van der Waals surface area (Å²) in [5.41, 5.74) is 4.90. The summed E-state index contributed by atoms with van der Waals surface area (Å²) in [6, 6.07) is 11.0. The van der Waals surface area contributed by atoms with Gasteiger partial charge >= 0.3 is 6.03 Å². The summed E-state index contributed by atoms with van der Waals surface area (Å²) in [5, 5.41) is 11.2. The summed E-state index contributed by atoms with van der Waals surface area (Å²) >= 11 is 0. The highest BCUT2D eigenvalue weighted by atomic mass is 16.2. The highest BCUT2D eigenvalue weighted by Crippen LogP contribution is 2.36. The topological polar surface area (TPSA) is 96.3 Å². The van der Waals surface area contributed by atoms with Gasteiger partial charge in [0.1, 0.15) is 5.54 Å². The maximum absolute atomic E-state index is 13.3. The van der Waals surface area contributed by atoms with Crippen molar-refractivity contribution in [3.8, 4) is 0 Å². The van der Waals surface area contributed by atoms with E-state index in [9.17, 15) is 14.4 Å². The number of hydrogen-bond acceptors (Lipinski definition) is 4. The molecule has 4 amide bonds. The van der Waals surface area contributed by atoms with Gasteiger partial charge in [-0.1, -0.05) is 32.0 Å². The number of rotatable bonds is 4.